The minimum atomic E-state index is -1.77. The summed E-state index contributed by atoms with van der Waals surface area (Å²) >= 11 is 0. The van der Waals surface area contributed by atoms with Crippen LogP contribution in [0.4, 0.5) is 0 Å². The molecule has 25 heavy (non-hydrogen) atoms. The molecule has 0 aliphatic rings. The second kappa shape index (κ2) is 11.4. The predicted octanol–water partition coefficient (Wildman–Crippen LogP) is -0.673. The van der Waals surface area contributed by atoms with E-state index in [1.54, 1.807) is 0 Å². The fourth-order valence-electron chi connectivity index (χ4n) is 2.15. The summed E-state index contributed by atoms with van der Waals surface area (Å²) in [5.74, 6) is -2.22. The number of esters is 3. The monoisotopic (exact) mass is 361 g/mol. The van der Waals surface area contributed by atoms with Crippen LogP contribution in [0.1, 0.15) is 20.8 Å². The Morgan fingerprint density at radius 3 is 1.76 bits per heavy atom. The van der Waals surface area contributed by atoms with Gasteiger partial charge in [-0.15, -0.1) is 0 Å². The van der Waals surface area contributed by atoms with E-state index >= 15 is 0 Å². The van der Waals surface area contributed by atoms with Crippen molar-refractivity contribution in [3.05, 3.63) is 0 Å². The molecule has 142 valence electrons. The number of aliphatic hydroxyl groups is 1. The molecule has 10 nitrogen and oxygen atoms in total. The lowest BCUT2D eigenvalue weighted by molar-refractivity contribution is -0.201. The molecule has 0 aromatic carbocycles. The van der Waals surface area contributed by atoms with E-state index in [0.717, 1.165) is 20.8 Å². The van der Waals surface area contributed by atoms with Gasteiger partial charge in [0.2, 0.25) is 0 Å². The largest absolute Gasteiger partial charge is 0.456 e. The van der Waals surface area contributed by atoms with Crippen molar-refractivity contribution < 1.29 is 43.2 Å². The summed E-state index contributed by atoms with van der Waals surface area (Å²) in [6.07, 6.45) is -7.00. The minimum absolute atomic E-state index is 0.174. The Labute approximate surface area is 145 Å². The number of hydrogen-bond acceptors (Lipinski definition) is 10. The van der Waals surface area contributed by atoms with Crippen LogP contribution in [0.3, 0.4) is 0 Å². The summed E-state index contributed by atoms with van der Waals surface area (Å²) in [6.45, 7) is 3.15. The highest BCUT2D eigenvalue weighted by atomic mass is 16.6. The molecular formula is C15H23NO9. The van der Waals surface area contributed by atoms with Crippen molar-refractivity contribution in [3.8, 4) is 6.07 Å². The van der Waals surface area contributed by atoms with Crippen molar-refractivity contribution in [1.82, 2.24) is 0 Å². The molecule has 10 heteroatoms. The van der Waals surface area contributed by atoms with Crippen molar-refractivity contribution >= 4 is 17.9 Å². The van der Waals surface area contributed by atoms with Gasteiger partial charge in [-0.3, -0.25) is 14.4 Å². The van der Waals surface area contributed by atoms with E-state index in [9.17, 15) is 19.5 Å². The molecule has 0 fully saturated rings. The normalized spacial score (nSPS) is 16.5. The van der Waals surface area contributed by atoms with Crippen molar-refractivity contribution in [2.45, 2.75) is 51.3 Å². The first kappa shape index (κ1) is 22.8. The first-order valence-corrected chi connectivity index (χ1v) is 7.28. The van der Waals surface area contributed by atoms with Crippen molar-refractivity contribution in [3.63, 3.8) is 0 Å². The Morgan fingerprint density at radius 1 is 0.920 bits per heavy atom. The standard InChI is InChI=1S/C15H23NO9/c1-8(17)23-12(7-21-4)14(25-10(3)19)15(22-5)13(11(20)6-16)24-9(2)18/h11-15,20H,7H2,1-5H3. The Bertz CT molecular complexity index is 502. The van der Waals surface area contributed by atoms with Crippen LogP contribution in [-0.2, 0) is 38.1 Å². The molecule has 5 unspecified atom stereocenters. The van der Waals surface area contributed by atoms with Crippen LogP contribution in [0.2, 0.25) is 0 Å². The summed E-state index contributed by atoms with van der Waals surface area (Å²) in [5.41, 5.74) is 0. The fraction of sp³-hybridized carbons (Fsp3) is 0.733. The van der Waals surface area contributed by atoms with E-state index < -0.39 is 48.4 Å². The summed E-state index contributed by atoms with van der Waals surface area (Å²) < 4.78 is 25.3. The lowest BCUT2D eigenvalue weighted by Crippen LogP contribution is -2.55. The van der Waals surface area contributed by atoms with Crippen LogP contribution in [-0.4, -0.2) is 74.4 Å². The SMILES string of the molecule is COCC(OC(C)=O)C(OC(C)=O)C(OC)C(OC(C)=O)C(O)C#N. The number of aliphatic hydroxyl groups excluding tert-OH is 1. The molecule has 0 aromatic heterocycles. The van der Waals surface area contributed by atoms with Gasteiger partial charge in [0.25, 0.3) is 0 Å². The highest BCUT2D eigenvalue weighted by molar-refractivity contribution is 5.68. The molecular weight excluding hydrogens is 338 g/mol. The molecule has 0 saturated carbocycles. The van der Waals surface area contributed by atoms with E-state index in [-0.39, 0.29) is 6.61 Å². The quantitative estimate of drug-likeness (QED) is 0.302. The Morgan fingerprint density at radius 2 is 1.40 bits per heavy atom. The van der Waals surface area contributed by atoms with Crippen LogP contribution in [0.15, 0.2) is 0 Å². The summed E-state index contributed by atoms with van der Waals surface area (Å²) in [6, 6.07) is 1.52. The summed E-state index contributed by atoms with van der Waals surface area (Å²) in [7, 11) is 2.52. The number of nitriles is 1. The van der Waals surface area contributed by atoms with Gasteiger partial charge in [0.1, 0.15) is 6.10 Å². The average Bonchev–Trinajstić information content (AvgIpc) is 2.51. The van der Waals surface area contributed by atoms with Crippen LogP contribution in [0, 0.1) is 11.3 Å². The molecule has 0 radical (unpaired) electrons. The Kier molecular flexibility index (Phi) is 10.3. The maximum Gasteiger partial charge on any atom is 0.303 e. The predicted molar refractivity (Wildman–Crippen MR) is 81.0 cm³/mol. The number of ether oxygens (including phenoxy) is 5. The molecule has 0 saturated heterocycles. The van der Waals surface area contributed by atoms with E-state index in [0.29, 0.717) is 0 Å². The average molecular weight is 361 g/mol. The van der Waals surface area contributed by atoms with Crippen molar-refractivity contribution in [1.29, 1.82) is 5.26 Å². The first-order valence-electron chi connectivity index (χ1n) is 7.28. The molecule has 5 atom stereocenters. The van der Waals surface area contributed by atoms with Crippen molar-refractivity contribution in [2.24, 2.45) is 0 Å². The van der Waals surface area contributed by atoms with Gasteiger partial charge >= 0.3 is 17.9 Å². The smallest absolute Gasteiger partial charge is 0.303 e. The van der Waals surface area contributed by atoms with E-state index in [1.165, 1.54) is 20.3 Å². The molecule has 0 aliphatic carbocycles. The molecule has 1 N–H and O–H groups in total. The topological polar surface area (TPSA) is 141 Å². The molecule has 0 bridgehead atoms. The van der Waals surface area contributed by atoms with Crippen molar-refractivity contribution in [2.75, 3.05) is 20.8 Å². The summed E-state index contributed by atoms with van der Waals surface area (Å²) in [4.78, 5) is 34.1. The molecule has 0 rings (SSSR count). The molecule has 0 aliphatic heterocycles. The molecule has 0 heterocycles. The zero-order valence-corrected chi connectivity index (χ0v) is 14.8. The third-order valence-corrected chi connectivity index (χ3v) is 2.98. The van der Waals surface area contributed by atoms with E-state index in [4.69, 9.17) is 28.9 Å². The number of hydrogen-bond donors (Lipinski definition) is 1. The van der Waals surface area contributed by atoms with Gasteiger partial charge in [-0.25, -0.2) is 0 Å². The van der Waals surface area contributed by atoms with Gasteiger partial charge in [-0.1, -0.05) is 0 Å². The van der Waals surface area contributed by atoms with Crippen LogP contribution in [0.5, 0.6) is 0 Å². The fourth-order valence-corrected chi connectivity index (χ4v) is 2.15. The van der Waals surface area contributed by atoms with Crippen LogP contribution < -0.4 is 0 Å². The van der Waals surface area contributed by atoms with Crippen LogP contribution >= 0.6 is 0 Å². The van der Waals surface area contributed by atoms with Gasteiger partial charge in [0, 0.05) is 35.0 Å². The highest BCUT2D eigenvalue weighted by Crippen LogP contribution is 2.21. The second-order valence-electron chi connectivity index (χ2n) is 5.03. The number of rotatable bonds is 10. The van der Waals surface area contributed by atoms with Crippen LogP contribution in [0.25, 0.3) is 0 Å². The molecule has 0 amide bonds. The second-order valence-corrected chi connectivity index (χ2v) is 5.03. The number of methoxy groups -OCH3 is 2. The first-order chi connectivity index (χ1) is 11.7. The maximum atomic E-state index is 11.5. The molecule has 0 spiro atoms. The van der Waals surface area contributed by atoms with Gasteiger partial charge in [0.15, 0.2) is 24.4 Å². The zero-order valence-electron chi connectivity index (χ0n) is 14.8. The third kappa shape index (κ3) is 7.93. The minimum Gasteiger partial charge on any atom is -0.456 e. The third-order valence-electron chi connectivity index (χ3n) is 2.98. The van der Waals surface area contributed by atoms with Gasteiger partial charge in [-0.2, -0.15) is 5.26 Å². The number of carbonyl (C=O) groups is 3. The lowest BCUT2D eigenvalue weighted by atomic mass is 9.98. The molecule has 0 aromatic rings. The Hall–Kier alpha value is -2.22. The van der Waals surface area contributed by atoms with Gasteiger partial charge in [0.05, 0.1) is 12.7 Å². The van der Waals surface area contributed by atoms with E-state index in [2.05, 4.69) is 0 Å². The Balaban J connectivity index is 5.85. The number of nitrogens with zero attached hydrogens (tertiary/aromatic N) is 1. The zero-order chi connectivity index (χ0) is 19.6. The lowest BCUT2D eigenvalue weighted by Gasteiger charge is -2.35. The summed E-state index contributed by atoms with van der Waals surface area (Å²) in [5, 5.41) is 18.8. The van der Waals surface area contributed by atoms with Gasteiger partial charge in [-0.05, 0) is 0 Å². The highest BCUT2D eigenvalue weighted by Gasteiger charge is 2.44. The number of carbonyl (C=O) groups excluding carboxylic acids is 3. The maximum absolute atomic E-state index is 11.5. The van der Waals surface area contributed by atoms with Gasteiger partial charge < -0.3 is 28.8 Å². The van der Waals surface area contributed by atoms with E-state index in [1.807, 2.05) is 0 Å².